The predicted octanol–water partition coefficient (Wildman–Crippen LogP) is 3.02. The molecule has 0 bridgehead atoms. The lowest BCUT2D eigenvalue weighted by molar-refractivity contribution is -0.129. The lowest BCUT2D eigenvalue weighted by Gasteiger charge is -2.27. The topological polar surface area (TPSA) is 20.3 Å². The van der Waals surface area contributed by atoms with Gasteiger partial charge in [0.15, 0.2) is 0 Å². The molecule has 1 aromatic rings. The van der Waals surface area contributed by atoms with Gasteiger partial charge in [0, 0.05) is 19.0 Å². The molecule has 2 rings (SSSR count). The minimum absolute atomic E-state index is 0.347. The second-order valence-electron chi connectivity index (χ2n) is 4.82. The van der Waals surface area contributed by atoms with Gasteiger partial charge in [0.1, 0.15) is 0 Å². The Balaban J connectivity index is 2.04. The van der Waals surface area contributed by atoms with Gasteiger partial charge < -0.3 is 4.90 Å². The standard InChI is InChI=1S/C15H21NO/c1-2-7-14(16-11-6-10-15(16)17)12-13-8-4-3-5-9-13/h3-5,8-9,14H,2,6-7,10-12H2,1H3/t14-/m1/s1. The van der Waals surface area contributed by atoms with Crippen molar-refractivity contribution in [3.05, 3.63) is 35.9 Å². The highest BCUT2D eigenvalue weighted by Gasteiger charge is 2.27. The van der Waals surface area contributed by atoms with Crippen LogP contribution in [-0.4, -0.2) is 23.4 Å². The first-order valence-corrected chi connectivity index (χ1v) is 6.64. The molecule has 0 saturated carbocycles. The predicted molar refractivity (Wildman–Crippen MR) is 69.8 cm³/mol. The molecule has 0 unspecified atom stereocenters. The number of amides is 1. The molecule has 17 heavy (non-hydrogen) atoms. The third kappa shape index (κ3) is 3.09. The van der Waals surface area contributed by atoms with Crippen molar-refractivity contribution in [1.29, 1.82) is 0 Å². The number of carbonyl (C=O) groups excluding carboxylic acids is 1. The largest absolute Gasteiger partial charge is 0.339 e. The Morgan fingerprint density at radius 3 is 2.65 bits per heavy atom. The van der Waals surface area contributed by atoms with Crippen LogP contribution in [-0.2, 0) is 11.2 Å². The Hall–Kier alpha value is -1.31. The van der Waals surface area contributed by atoms with E-state index in [9.17, 15) is 4.79 Å². The Morgan fingerprint density at radius 2 is 2.06 bits per heavy atom. The number of hydrogen-bond acceptors (Lipinski definition) is 1. The highest BCUT2D eigenvalue weighted by atomic mass is 16.2. The van der Waals surface area contributed by atoms with Crippen LogP contribution in [0.5, 0.6) is 0 Å². The van der Waals surface area contributed by atoms with Gasteiger partial charge in [0.25, 0.3) is 0 Å². The van der Waals surface area contributed by atoms with Crippen molar-refractivity contribution in [2.24, 2.45) is 0 Å². The van der Waals surface area contributed by atoms with Crippen molar-refractivity contribution in [2.45, 2.75) is 45.1 Å². The molecule has 1 fully saturated rings. The van der Waals surface area contributed by atoms with Crippen LogP contribution < -0.4 is 0 Å². The number of carbonyl (C=O) groups is 1. The van der Waals surface area contributed by atoms with E-state index >= 15 is 0 Å². The molecule has 2 nitrogen and oxygen atoms in total. The van der Waals surface area contributed by atoms with Crippen LogP contribution >= 0.6 is 0 Å². The van der Waals surface area contributed by atoms with E-state index in [0.29, 0.717) is 11.9 Å². The molecular weight excluding hydrogens is 210 g/mol. The van der Waals surface area contributed by atoms with Crippen LogP contribution in [0.1, 0.15) is 38.2 Å². The minimum Gasteiger partial charge on any atom is -0.339 e. The number of likely N-dealkylation sites (tertiary alicyclic amines) is 1. The van der Waals surface area contributed by atoms with Gasteiger partial charge in [-0.2, -0.15) is 0 Å². The average molecular weight is 231 g/mol. The van der Waals surface area contributed by atoms with Crippen molar-refractivity contribution in [3.63, 3.8) is 0 Å². The van der Waals surface area contributed by atoms with Gasteiger partial charge in [-0.05, 0) is 24.8 Å². The molecule has 1 heterocycles. The summed E-state index contributed by atoms with van der Waals surface area (Å²) in [7, 11) is 0. The lowest BCUT2D eigenvalue weighted by Crippen LogP contribution is -2.37. The first kappa shape index (κ1) is 12.2. The zero-order valence-electron chi connectivity index (χ0n) is 10.6. The first-order chi connectivity index (χ1) is 8.31. The Labute approximate surface area is 104 Å². The van der Waals surface area contributed by atoms with E-state index in [2.05, 4.69) is 36.1 Å². The maximum absolute atomic E-state index is 11.8. The van der Waals surface area contributed by atoms with Crippen LogP contribution in [0.3, 0.4) is 0 Å². The molecular formula is C15H21NO. The summed E-state index contributed by atoms with van der Waals surface area (Å²) in [6.45, 7) is 3.15. The van der Waals surface area contributed by atoms with E-state index in [1.54, 1.807) is 0 Å². The molecule has 92 valence electrons. The van der Waals surface area contributed by atoms with Crippen molar-refractivity contribution in [3.8, 4) is 0 Å². The van der Waals surface area contributed by atoms with Gasteiger partial charge in [0.2, 0.25) is 5.91 Å². The molecule has 1 atom stereocenters. The minimum atomic E-state index is 0.347. The molecule has 0 radical (unpaired) electrons. The van der Waals surface area contributed by atoms with E-state index < -0.39 is 0 Å². The van der Waals surface area contributed by atoms with Crippen LogP contribution in [0, 0.1) is 0 Å². The summed E-state index contributed by atoms with van der Waals surface area (Å²) < 4.78 is 0. The number of rotatable bonds is 5. The summed E-state index contributed by atoms with van der Waals surface area (Å²) in [6.07, 6.45) is 5.03. The molecule has 0 aliphatic carbocycles. The number of benzene rings is 1. The van der Waals surface area contributed by atoms with Crippen LogP contribution in [0.15, 0.2) is 30.3 Å². The Kier molecular flexibility index (Phi) is 4.18. The highest BCUT2D eigenvalue weighted by Crippen LogP contribution is 2.20. The van der Waals surface area contributed by atoms with Crippen molar-refractivity contribution >= 4 is 5.91 Å². The molecule has 1 aliphatic heterocycles. The number of nitrogens with zero attached hydrogens (tertiary/aromatic N) is 1. The summed E-state index contributed by atoms with van der Waals surface area (Å²) in [4.78, 5) is 13.9. The first-order valence-electron chi connectivity index (χ1n) is 6.64. The molecule has 1 amide bonds. The molecule has 0 aromatic heterocycles. The zero-order valence-corrected chi connectivity index (χ0v) is 10.6. The fraction of sp³-hybridized carbons (Fsp3) is 0.533. The maximum atomic E-state index is 11.8. The molecule has 1 aliphatic rings. The monoisotopic (exact) mass is 231 g/mol. The Morgan fingerprint density at radius 1 is 1.29 bits per heavy atom. The third-order valence-corrected chi connectivity index (χ3v) is 3.49. The second kappa shape index (κ2) is 5.85. The summed E-state index contributed by atoms with van der Waals surface area (Å²) in [5.41, 5.74) is 1.34. The van der Waals surface area contributed by atoms with Gasteiger partial charge in [-0.25, -0.2) is 0 Å². The van der Waals surface area contributed by atoms with Crippen molar-refractivity contribution in [1.82, 2.24) is 4.90 Å². The normalized spacial score (nSPS) is 17.5. The number of hydrogen-bond donors (Lipinski definition) is 0. The molecule has 0 spiro atoms. The fourth-order valence-electron chi connectivity index (χ4n) is 2.64. The third-order valence-electron chi connectivity index (χ3n) is 3.49. The quantitative estimate of drug-likeness (QED) is 0.762. The Bertz CT molecular complexity index is 360. The van der Waals surface area contributed by atoms with Crippen LogP contribution in [0.4, 0.5) is 0 Å². The summed E-state index contributed by atoms with van der Waals surface area (Å²) in [6, 6.07) is 10.9. The SMILES string of the molecule is CCC[C@H](Cc1ccccc1)N1CCCC1=O. The summed E-state index contributed by atoms with van der Waals surface area (Å²) in [5, 5.41) is 0. The van der Waals surface area contributed by atoms with Crippen molar-refractivity contribution in [2.75, 3.05) is 6.54 Å². The van der Waals surface area contributed by atoms with Gasteiger partial charge >= 0.3 is 0 Å². The van der Waals surface area contributed by atoms with Crippen molar-refractivity contribution < 1.29 is 4.79 Å². The molecule has 0 N–H and O–H groups in total. The van der Waals surface area contributed by atoms with Gasteiger partial charge in [-0.1, -0.05) is 43.7 Å². The van der Waals surface area contributed by atoms with E-state index in [4.69, 9.17) is 0 Å². The average Bonchev–Trinajstić information content (AvgIpc) is 2.76. The smallest absolute Gasteiger partial charge is 0.222 e. The molecule has 2 heteroatoms. The van der Waals surface area contributed by atoms with Crippen LogP contribution in [0.25, 0.3) is 0 Å². The van der Waals surface area contributed by atoms with Gasteiger partial charge in [-0.15, -0.1) is 0 Å². The molecule has 1 saturated heterocycles. The second-order valence-corrected chi connectivity index (χ2v) is 4.82. The fourth-order valence-corrected chi connectivity index (χ4v) is 2.64. The molecule has 1 aromatic carbocycles. The van der Waals surface area contributed by atoms with E-state index in [-0.39, 0.29) is 0 Å². The van der Waals surface area contributed by atoms with E-state index in [1.807, 2.05) is 6.07 Å². The van der Waals surface area contributed by atoms with Gasteiger partial charge in [-0.3, -0.25) is 4.79 Å². The van der Waals surface area contributed by atoms with E-state index in [0.717, 1.165) is 38.6 Å². The van der Waals surface area contributed by atoms with Crippen LogP contribution in [0.2, 0.25) is 0 Å². The van der Waals surface area contributed by atoms with E-state index in [1.165, 1.54) is 5.56 Å². The summed E-state index contributed by atoms with van der Waals surface area (Å²) in [5.74, 6) is 0.347. The zero-order chi connectivity index (χ0) is 12.1. The maximum Gasteiger partial charge on any atom is 0.222 e. The highest BCUT2D eigenvalue weighted by molar-refractivity contribution is 5.78. The summed E-state index contributed by atoms with van der Waals surface area (Å²) >= 11 is 0. The van der Waals surface area contributed by atoms with Gasteiger partial charge in [0.05, 0.1) is 0 Å². The lowest BCUT2D eigenvalue weighted by atomic mass is 10.0.